The quantitative estimate of drug-likeness (QED) is 0.748. The smallest absolute Gasteiger partial charge is 0.152 e. The molecule has 2 aromatic heterocycles. The molecule has 0 saturated carbocycles. The molecule has 104 valence electrons. The molecule has 0 aliphatic carbocycles. The molecule has 0 aromatic carbocycles. The molecule has 2 aromatic rings. The Balaban J connectivity index is 1.88. The normalized spacial score (nSPS) is 11.1. The van der Waals surface area contributed by atoms with Crippen LogP contribution in [0.5, 0.6) is 0 Å². The molecule has 2 rings (SSSR count). The lowest BCUT2D eigenvalue weighted by Crippen LogP contribution is -2.18. The Morgan fingerprint density at radius 3 is 2.89 bits per heavy atom. The summed E-state index contributed by atoms with van der Waals surface area (Å²) in [5.74, 6) is 1.90. The van der Waals surface area contributed by atoms with E-state index in [0.29, 0.717) is 0 Å². The molecule has 0 atom stereocenters. The molecule has 0 spiro atoms. The lowest BCUT2D eigenvalue weighted by Gasteiger charge is -2.03. The Morgan fingerprint density at radius 1 is 1.37 bits per heavy atom. The van der Waals surface area contributed by atoms with Gasteiger partial charge in [0.15, 0.2) is 5.82 Å². The number of hydrogen-bond donors (Lipinski definition) is 1. The van der Waals surface area contributed by atoms with E-state index in [0.717, 1.165) is 37.9 Å². The van der Waals surface area contributed by atoms with Crippen LogP contribution in [0.2, 0.25) is 0 Å². The molecule has 0 radical (unpaired) electrons. The van der Waals surface area contributed by atoms with Crippen molar-refractivity contribution in [3.63, 3.8) is 0 Å². The predicted molar refractivity (Wildman–Crippen MR) is 72.9 cm³/mol. The van der Waals surface area contributed by atoms with Gasteiger partial charge in [0.2, 0.25) is 0 Å². The number of nitrogens with zero attached hydrogens (tertiary/aromatic N) is 4. The molecule has 19 heavy (non-hydrogen) atoms. The van der Waals surface area contributed by atoms with Crippen molar-refractivity contribution in [1.29, 1.82) is 0 Å². The van der Waals surface area contributed by atoms with Crippen LogP contribution in [0.1, 0.15) is 17.2 Å². The summed E-state index contributed by atoms with van der Waals surface area (Å²) in [7, 11) is 3.70. The lowest BCUT2D eigenvalue weighted by molar-refractivity contribution is 0.199. The van der Waals surface area contributed by atoms with Gasteiger partial charge in [-0.15, -0.1) is 10.2 Å². The maximum absolute atomic E-state index is 4.99. The van der Waals surface area contributed by atoms with Crippen LogP contribution >= 0.6 is 0 Å². The largest absolute Gasteiger partial charge is 0.383 e. The molecular formula is C13H21N5O. The number of hydrogen-bond acceptors (Lipinski definition) is 4. The monoisotopic (exact) mass is 263 g/mol. The van der Waals surface area contributed by atoms with Gasteiger partial charge in [0.1, 0.15) is 5.82 Å². The second kappa shape index (κ2) is 6.49. The molecule has 6 nitrogen and oxygen atoms in total. The molecule has 0 unspecified atom stereocenters. The number of methoxy groups -OCH3 is 1. The van der Waals surface area contributed by atoms with Gasteiger partial charge in [-0.2, -0.15) is 0 Å². The van der Waals surface area contributed by atoms with Crippen molar-refractivity contribution in [2.45, 2.75) is 20.0 Å². The van der Waals surface area contributed by atoms with Gasteiger partial charge in [-0.1, -0.05) is 0 Å². The maximum Gasteiger partial charge on any atom is 0.152 e. The minimum Gasteiger partial charge on any atom is -0.383 e. The molecule has 0 bridgehead atoms. The number of ether oxygens (including phenoxy) is 1. The third kappa shape index (κ3) is 3.65. The Hall–Kier alpha value is -1.66. The Kier molecular flexibility index (Phi) is 4.70. The fraction of sp³-hybridized carbons (Fsp3) is 0.538. The molecule has 0 aliphatic rings. The molecule has 0 fully saturated rings. The first-order chi connectivity index (χ1) is 9.20. The number of nitrogens with one attached hydrogen (secondary N) is 1. The second-order valence-electron chi connectivity index (χ2n) is 4.58. The first-order valence-corrected chi connectivity index (χ1v) is 6.40. The molecule has 0 aliphatic heterocycles. The van der Waals surface area contributed by atoms with Crippen molar-refractivity contribution < 1.29 is 4.74 Å². The third-order valence-electron chi connectivity index (χ3n) is 3.13. The molecule has 0 saturated heterocycles. The van der Waals surface area contributed by atoms with Gasteiger partial charge in [0.05, 0.1) is 13.2 Å². The van der Waals surface area contributed by atoms with E-state index >= 15 is 0 Å². The van der Waals surface area contributed by atoms with E-state index in [1.165, 1.54) is 5.56 Å². The van der Waals surface area contributed by atoms with Crippen LogP contribution in [0.3, 0.4) is 0 Å². The first-order valence-electron chi connectivity index (χ1n) is 6.40. The minimum atomic E-state index is 0.735. The van der Waals surface area contributed by atoms with Crippen LogP contribution in [0, 0.1) is 6.92 Å². The van der Waals surface area contributed by atoms with E-state index < -0.39 is 0 Å². The zero-order chi connectivity index (χ0) is 13.7. The van der Waals surface area contributed by atoms with Crippen LogP contribution < -0.4 is 5.32 Å². The van der Waals surface area contributed by atoms with Gasteiger partial charge in [0, 0.05) is 39.6 Å². The fourth-order valence-electron chi connectivity index (χ4n) is 1.85. The van der Waals surface area contributed by atoms with Crippen molar-refractivity contribution >= 4 is 0 Å². The van der Waals surface area contributed by atoms with Crippen molar-refractivity contribution in [2.24, 2.45) is 7.05 Å². The minimum absolute atomic E-state index is 0.735. The van der Waals surface area contributed by atoms with Crippen molar-refractivity contribution in [2.75, 3.05) is 20.3 Å². The summed E-state index contributed by atoms with van der Waals surface area (Å²) in [6.45, 7) is 5.16. The molecule has 1 N–H and O–H groups in total. The number of aryl methyl sites for hydroxylation is 1. The highest BCUT2D eigenvalue weighted by molar-refractivity contribution is 5.11. The van der Waals surface area contributed by atoms with E-state index in [2.05, 4.69) is 38.5 Å². The lowest BCUT2D eigenvalue weighted by atomic mass is 10.3. The molecule has 0 amide bonds. The van der Waals surface area contributed by atoms with Gasteiger partial charge < -0.3 is 19.2 Å². The Morgan fingerprint density at radius 2 is 2.21 bits per heavy atom. The fourth-order valence-corrected chi connectivity index (χ4v) is 1.85. The molecular weight excluding hydrogens is 242 g/mol. The summed E-state index contributed by atoms with van der Waals surface area (Å²) in [6.07, 6.45) is 4.20. The Bertz CT molecular complexity index is 517. The van der Waals surface area contributed by atoms with Crippen LogP contribution in [0.15, 0.2) is 18.5 Å². The van der Waals surface area contributed by atoms with Gasteiger partial charge in [0.25, 0.3) is 0 Å². The topological polar surface area (TPSA) is 56.9 Å². The predicted octanol–water partition coefficient (Wildman–Crippen LogP) is 0.709. The Labute approximate surface area is 113 Å². The average molecular weight is 263 g/mol. The van der Waals surface area contributed by atoms with Crippen molar-refractivity contribution in [1.82, 2.24) is 24.6 Å². The van der Waals surface area contributed by atoms with Gasteiger partial charge in [-0.3, -0.25) is 0 Å². The number of aromatic nitrogens is 4. The highest BCUT2D eigenvalue weighted by Gasteiger charge is 2.05. The summed E-state index contributed by atoms with van der Waals surface area (Å²) in [6, 6.07) is 2.11. The van der Waals surface area contributed by atoms with Gasteiger partial charge in [-0.25, -0.2) is 0 Å². The maximum atomic E-state index is 4.99. The second-order valence-corrected chi connectivity index (χ2v) is 4.58. The van der Waals surface area contributed by atoms with Crippen molar-refractivity contribution in [3.05, 3.63) is 35.7 Å². The van der Waals surface area contributed by atoms with E-state index in [9.17, 15) is 0 Å². The SMILES string of the molecule is COCCNCc1ccn(Cc2nnc(C)n2C)c1. The first kappa shape index (κ1) is 13.8. The zero-order valence-corrected chi connectivity index (χ0v) is 11.8. The average Bonchev–Trinajstić information content (AvgIpc) is 2.97. The zero-order valence-electron chi connectivity index (χ0n) is 11.8. The van der Waals surface area contributed by atoms with Crippen LogP contribution in [-0.2, 0) is 24.9 Å². The van der Waals surface area contributed by atoms with E-state index in [1.807, 2.05) is 18.5 Å². The summed E-state index contributed by atoms with van der Waals surface area (Å²) < 4.78 is 9.13. The van der Waals surface area contributed by atoms with Gasteiger partial charge >= 0.3 is 0 Å². The summed E-state index contributed by atoms with van der Waals surface area (Å²) in [5.41, 5.74) is 1.26. The summed E-state index contributed by atoms with van der Waals surface area (Å²) in [5, 5.41) is 11.6. The van der Waals surface area contributed by atoms with E-state index in [1.54, 1.807) is 7.11 Å². The third-order valence-corrected chi connectivity index (χ3v) is 3.13. The standard InChI is InChI=1S/C13H21N5O/c1-11-15-16-13(17(11)2)10-18-6-4-12(9-18)8-14-5-7-19-3/h4,6,9,14H,5,7-8,10H2,1-3H3. The van der Waals surface area contributed by atoms with Crippen LogP contribution in [0.4, 0.5) is 0 Å². The van der Waals surface area contributed by atoms with E-state index in [4.69, 9.17) is 4.74 Å². The molecule has 2 heterocycles. The summed E-state index contributed by atoms with van der Waals surface area (Å²) in [4.78, 5) is 0. The van der Waals surface area contributed by atoms with E-state index in [-0.39, 0.29) is 0 Å². The molecule has 6 heteroatoms. The summed E-state index contributed by atoms with van der Waals surface area (Å²) >= 11 is 0. The van der Waals surface area contributed by atoms with Crippen LogP contribution in [0.25, 0.3) is 0 Å². The highest BCUT2D eigenvalue weighted by Crippen LogP contribution is 2.05. The van der Waals surface area contributed by atoms with Crippen molar-refractivity contribution in [3.8, 4) is 0 Å². The number of rotatable bonds is 7. The van der Waals surface area contributed by atoms with Gasteiger partial charge in [-0.05, 0) is 18.6 Å². The highest BCUT2D eigenvalue weighted by atomic mass is 16.5. The van der Waals surface area contributed by atoms with Crippen LogP contribution in [-0.4, -0.2) is 39.6 Å².